The van der Waals surface area contributed by atoms with Gasteiger partial charge in [-0.15, -0.1) is 0 Å². The van der Waals surface area contributed by atoms with E-state index in [1.165, 1.54) is 30.0 Å². The number of rotatable bonds is 4. The van der Waals surface area contributed by atoms with Gasteiger partial charge in [0, 0.05) is 31.8 Å². The molecule has 2 heterocycles. The molecular formula is C18H20FN5O3. The third-order valence-corrected chi connectivity index (χ3v) is 4.39. The Hall–Kier alpha value is -3.23. The molecule has 0 bridgehead atoms. The number of hydrogen-bond donors (Lipinski definition) is 2. The minimum absolute atomic E-state index is 0.000442. The van der Waals surface area contributed by atoms with Crippen LogP contribution in [0.2, 0.25) is 0 Å². The molecule has 0 radical (unpaired) electrons. The van der Waals surface area contributed by atoms with Gasteiger partial charge in [0.1, 0.15) is 11.6 Å². The van der Waals surface area contributed by atoms with Crippen molar-refractivity contribution in [2.45, 2.75) is 25.8 Å². The number of carbonyl (C=O) groups is 3. The van der Waals surface area contributed by atoms with E-state index in [4.69, 9.17) is 0 Å². The summed E-state index contributed by atoms with van der Waals surface area (Å²) in [4.78, 5) is 36.7. The number of ketones is 1. The molecular weight excluding hydrogens is 353 g/mol. The summed E-state index contributed by atoms with van der Waals surface area (Å²) < 4.78 is 14.9. The Kier molecular flexibility index (Phi) is 5.49. The lowest BCUT2D eigenvalue weighted by atomic mass is 10.0. The SMILES string of the molecule is CC(=O)C(=O)N1CCC(n2nccc2NC(=O)Nc2cccc(F)c2)CC1. The van der Waals surface area contributed by atoms with E-state index in [2.05, 4.69) is 15.7 Å². The maximum absolute atomic E-state index is 13.2. The predicted octanol–water partition coefficient (Wildman–Crippen LogP) is 2.42. The maximum Gasteiger partial charge on any atom is 0.324 e. The first-order valence-electron chi connectivity index (χ1n) is 8.61. The van der Waals surface area contributed by atoms with Gasteiger partial charge in [-0.2, -0.15) is 5.10 Å². The van der Waals surface area contributed by atoms with Crippen LogP contribution in [0.5, 0.6) is 0 Å². The molecule has 2 N–H and O–H groups in total. The molecule has 1 saturated heterocycles. The Morgan fingerprint density at radius 3 is 2.56 bits per heavy atom. The number of amides is 3. The average Bonchev–Trinajstić information content (AvgIpc) is 3.09. The van der Waals surface area contributed by atoms with E-state index in [1.54, 1.807) is 23.0 Å². The molecule has 0 unspecified atom stereocenters. The van der Waals surface area contributed by atoms with Crippen LogP contribution in [-0.4, -0.2) is 45.5 Å². The molecule has 0 atom stereocenters. The van der Waals surface area contributed by atoms with Crippen LogP contribution in [0.25, 0.3) is 0 Å². The molecule has 1 aliphatic rings. The number of carbonyl (C=O) groups excluding carboxylic acids is 3. The van der Waals surface area contributed by atoms with Crippen molar-refractivity contribution in [3.8, 4) is 0 Å². The van der Waals surface area contributed by atoms with Crippen molar-refractivity contribution in [1.29, 1.82) is 0 Å². The molecule has 1 aliphatic heterocycles. The number of urea groups is 1. The fourth-order valence-corrected chi connectivity index (χ4v) is 3.09. The summed E-state index contributed by atoms with van der Waals surface area (Å²) >= 11 is 0. The van der Waals surface area contributed by atoms with Gasteiger partial charge in [0.25, 0.3) is 5.91 Å². The number of hydrogen-bond acceptors (Lipinski definition) is 4. The van der Waals surface area contributed by atoms with Crippen LogP contribution in [0, 0.1) is 5.82 Å². The van der Waals surface area contributed by atoms with Crippen LogP contribution in [0.4, 0.5) is 20.7 Å². The van der Waals surface area contributed by atoms with Crippen LogP contribution in [0.15, 0.2) is 36.5 Å². The first-order chi connectivity index (χ1) is 12.9. The zero-order valence-electron chi connectivity index (χ0n) is 14.8. The number of likely N-dealkylation sites (tertiary alicyclic amines) is 1. The highest BCUT2D eigenvalue weighted by Gasteiger charge is 2.27. The van der Waals surface area contributed by atoms with Crippen molar-refractivity contribution in [3.63, 3.8) is 0 Å². The first kappa shape index (κ1) is 18.6. The third-order valence-electron chi connectivity index (χ3n) is 4.39. The lowest BCUT2D eigenvalue weighted by Crippen LogP contribution is -2.42. The van der Waals surface area contributed by atoms with Crippen molar-refractivity contribution in [2.24, 2.45) is 0 Å². The summed E-state index contributed by atoms with van der Waals surface area (Å²) in [6, 6.07) is 6.76. The summed E-state index contributed by atoms with van der Waals surface area (Å²) in [5.41, 5.74) is 0.342. The number of halogens is 1. The smallest absolute Gasteiger partial charge is 0.324 e. The normalized spacial score (nSPS) is 14.7. The summed E-state index contributed by atoms with van der Waals surface area (Å²) in [5.74, 6) is -0.879. The summed E-state index contributed by atoms with van der Waals surface area (Å²) in [5, 5.41) is 9.53. The number of aromatic nitrogens is 2. The van der Waals surface area contributed by atoms with E-state index < -0.39 is 23.5 Å². The van der Waals surface area contributed by atoms with Gasteiger partial charge >= 0.3 is 6.03 Å². The largest absolute Gasteiger partial charge is 0.336 e. The third kappa shape index (κ3) is 4.49. The van der Waals surface area contributed by atoms with Crippen molar-refractivity contribution >= 4 is 29.2 Å². The Labute approximate surface area is 155 Å². The maximum atomic E-state index is 13.2. The highest BCUT2D eigenvalue weighted by molar-refractivity contribution is 6.35. The van der Waals surface area contributed by atoms with Crippen molar-refractivity contribution < 1.29 is 18.8 Å². The van der Waals surface area contributed by atoms with Gasteiger partial charge in [0.05, 0.1) is 12.2 Å². The number of nitrogens with zero attached hydrogens (tertiary/aromatic N) is 3. The number of piperidine rings is 1. The highest BCUT2D eigenvalue weighted by Crippen LogP contribution is 2.25. The Morgan fingerprint density at radius 2 is 1.89 bits per heavy atom. The van der Waals surface area contributed by atoms with Gasteiger partial charge < -0.3 is 10.2 Å². The second-order valence-corrected chi connectivity index (χ2v) is 6.33. The fraction of sp³-hybridized carbons (Fsp3) is 0.333. The summed E-state index contributed by atoms with van der Waals surface area (Å²) in [7, 11) is 0. The second-order valence-electron chi connectivity index (χ2n) is 6.33. The number of nitrogens with one attached hydrogen (secondary N) is 2. The Bertz CT molecular complexity index is 858. The molecule has 0 saturated carbocycles. The predicted molar refractivity (Wildman–Crippen MR) is 96.8 cm³/mol. The average molecular weight is 373 g/mol. The Balaban J connectivity index is 1.60. The topological polar surface area (TPSA) is 96.3 Å². The molecule has 2 aromatic rings. The van der Waals surface area contributed by atoms with Crippen LogP contribution < -0.4 is 10.6 Å². The van der Waals surface area contributed by atoms with Gasteiger partial charge in [0.2, 0.25) is 5.78 Å². The molecule has 3 rings (SSSR count). The summed E-state index contributed by atoms with van der Waals surface area (Å²) in [6.45, 7) is 2.18. The van der Waals surface area contributed by atoms with E-state index in [0.717, 1.165) is 0 Å². The molecule has 27 heavy (non-hydrogen) atoms. The lowest BCUT2D eigenvalue weighted by Gasteiger charge is -2.32. The number of benzene rings is 1. The molecule has 1 aromatic heterocycles. The highest BCUT2D eigenvalue weighted by atomic mass is 19.1. The summed E-state index contributed by atoms with van der Waals surface area (Å²) in [6.07, 6.45) is 2.83. The van der Waals surface area contributed by atoms with Gasteiger partial charge in [-0.1, -0.05) is 6.07 Å². The molecule has 1 aromatic carbocycles. The molecule has 142 valence electrons. The van der Waals surface area contributed by atoms with Gasteiger partial charge in [-0.25, -0.2) is 13.9 Å². The van der Waals surface area contributed by atoms with Crippen molar-refractivity contribution in [3.05, 3.63) is 42.3 Å². The Morgan fingerprint density at radius 1 is 1.15 bits per heavy atom. The molecule has 0 spiro atoms. The van der Waals surface area contributed by atoms with E-state index in [1.807, 2.05) is 0 Å². The van der Waals surface area contributed by atoms with Crippen molar-refractivity contribution in [1.82, 2.24) is 14.7 Å². The van der Waals surface area contributed by atoms with Crippen LogP contribution in [0.1, 0.15) is 25.8 Å². The van der Waals surface area contributed by atoms with Crippen LogP contribution in [-0.2, 0) is 9.59 Å². The van der Waals surface area contributed by atoms with E-state index in [9.17, 15) is 18.8 Å². The molecule has 1 fully saturated rings. The lowest BCUT2D eigenvalue weighted by molar-refractivity contribution is -0.144. The monoisotopic (exact) mass is 373 g/mol. The van der Waals surface area contributed by atoms with E-state index in [-0.39, 0.29) is 6.04 Å². The molecule has 3 amide bonds. The second kappa shape index (κ2) is 7.98. The van der Waals surface area contributed by atoms with Crippen LogP contribution >= 0.6 is 0 Å². The minimum Gasteiger partial charge on any atom is -0.336 e. The quantitative estimate of drug-likeness (QED) is 0.805. The fourth-order valence-electron chi connectivity index (χ4n) is 3.09. The number of Topliss-reactive ketones (excluding diaryl/α,β-unsaturated/α-hetero) is 1. The van der Waals surface area contributed by atoms with Gasteiger partial charge in [-0.05, 0) is 31.0 Å². The molecule has 9 heteroatoms. The van der Waals surface area contributed by atoms with Gasteiger partial charge in [-0.3, -0.25) is 14.9 Å². The molecule has 0 aliphatic carbocycles. The zero-order chi connectivity index (χ0) is 19.4. The van der Waals surface area contributed by atoms with Gasteiger partial charge in [0.15, 0.2) is 0 Å². The minimum atomic E-state index is -0.508. The zero-order valence-corrected chi connectivity index (χ0v) is 14.8. The standard InChI is InChI=1S/C18H20FN5O3/c1-12(25)17(26)23-9-6-15(7-10-23)24-16(5-8-20-24)22-18(27)21-14-4-2-3-13(19)11-14/h2-5,8,11,15H,6-7,9-10H2,1H3,(H2,21,22,27). The van der Waals surface area contributed by atoms with Crippen molar-refractivity contribution in [2.75, 3.05) is 23.7 Å². The first-order valence-corrected chi connectivity index (χ1v) is 8.61. The van der Waals surface area contributed by atoms with E-state index >= 15 is 0 Å². The van der Waals surface area contributed by atoms with Crippen LogP contribution in [0.3, 0.4) is 0 Å². The number of anilines is 2. The van der Waals surface area contributed by atoms with E-state index in [0.29, 0.717) is 37.4 Å². The molecule has 8 nitrogen and oxygen atoms in total.